The van der Waals surface area contributed by atoms with Crippen LogP contribution in [0.25, 0.3) is 10.9 Å². The lowest BCUT2D eigenvalue weighted by molar-refractivity contribution is 0.574. The average molecular weight is 252 g/mol. The Balaban J connectivity index is 2.75. The Morgan fingerprint density at radius 3 is 2.56 bits per heavy atom. The third-order valence-corrected chi connectivity index (χ3v) is 3.40. The first kappa shape index (κ1) is 13.0. The van der Waals surface area contributed by atoms with Crippen LogP contribution >= 0.6 is 0 Å². The van der Waals surface area contributed by atoms with E-state index in [2.05, 4.69) is 17.2 Å². The van der Waals surface area contributed by atoms with E-state index >= 15 is 0 Å². The minimum atomic E-state index is -0.533. The van der Waals surface area contributed by atoms with E-state index in [1.807, 2.05) is 14.0 Å². The molecule has 2 aromatic rings. The van der Waals surface area contributed by atoms with Crippen molar-refractivity contribution < 1.29 is 8.78 Å². The van der Waals surface area contributed by atoms with Gasteiger partial charge in [0.2, 0.25) is 0 Å². The molecule has 0 aliphatic carbocycles. The molecule has 0 saturated carbocycles. The van der Waals surface area contributed by atoms with Gasteiger partial charge in [0.25, 0.3) is 0 Å². The summed E-state index contributed by atoms with van der Waals surface area (Å²) in [5.74, 6) is -1.06. The molecule has 0 fully saturated rings. The molecule has 0 bridgehead atoms. The Labute approximate surface area is 105 Å². The number of benzene rings is 1. The van der Waals surface area contributed by atoms with E-state index in [1.165, 1.54) is 6.07 Å². The summed E-state index contributed by atoms with van der Waals surface area (Å²) in [5, 5.41) is 3.84. The Bertz CT molecular complexity index is 556. The first-order chi connectivity index (χ1) is 8.62. The molecule has 1 heterocycles. The van der Waals surface area contributed by atoms with Crippen molar-refractivity contribution in [3.05, 3.63) is 35.0 Å². The number of nitrogens with one attached hydrogen (secondary N) is 2. The number of rotatable bonds is 4. The van der Waals surface area contributed by atoms with Crippen LogP contribution < -0.4 is 5.32 Å². The number of aromatic nitrogens is 1. The first-order valence-electron chi connectivity index (χ1n) is 6.29. The molecule has 2 N–H and O–H groups in total. The van der Waals surface area contributed by atoms with Crippen LogP contribution in [0.2, 0.25) is 0 Å². The highest BCUT2D eigenvalue weighted by atomic mass is 19.1. The molecule has 1 atom stereocenters. The summed E-state index contributed by atoms with van der Waals surface area (Å²) in [6.07, 6.45) is 1.64. The Morgan fingerprint density at radius 1 is 1.28 bits per heavy atom. The summed E-state index contributed by atoms with van der Waals surface area (Å²) in [7, 11) is 1.86. The van der Waals surface area contributed by atoms with Crippen LogP contribution in [0.3, 0.4) is 0 Å². The van der Waals surface area contributed by atoms with Crippen molar-refractivity contribution in [3.63, 3.8) is 0 Å². The van der Waals surface area contributed by atoms with Crippen molar-refractivity contribution in [1.29, 1.82) is 0 Å². The van der Waals surface area contributed by atoms with Crippen molar-refractivity contribution in [2.45, 2.75) is 32.7 Å². The predicted octanol–water partition coefficient (Wildman–Crippen LogP) is 3.68. The lowest BCUT2D eigenvalue weighted by Crippen LogP contribution is -2.16. The standard InChI is InChI=1S/C14H18F2N2/c1-4-11(17-3)13-9-6-8(15)7-10(16)14(9)18-12(13)5-2/h6-7,11,17-18H,4-5H2,1-3H3. The summed E-state index contributed by atoms with van der Waals surface area (Å²) in [6.45, 7) is 4.06. The Hall–Kier alpha value is -1.42. The van der Waals surface area contributed by atoms with Crippen LogP contribution in [0.5, 0.6) is 0 Å². The van der Waals surface area contributed by atoms with Crippen molar-refractivity contribution in [2.24, 2.45) is 0 Å². The van der Waals surface area contributed by atoms with Crippen LogP contribution in [0, 0.1) is 11.6 Å². The summed E-state index contributed by atoms with van der Waals surface area (Å²) in [4.78, 5) is 3.08. The zero-order valence-corrected chi connectivity index (χ0v) is 10.9. The molecular weight excluding hydrogens is 234 g/mol. The zero-order chi connectivity index (χ0) is 13.3. The fraction of sp³-hybridized carbons (Fsp3) is 0.429. The fourth-order valence-electron chi connectivity index (χ4n) is 2.52. The molecule has 98 valence electrons. The number of H-pyrrole nitrogens is 1. The van der Waals surface area contributed by atoms with Gasteiger partial charge in [0.15, 0.2) is 0 Å². The van der Waals surface area contributed by atoms with Gasteiger partial charge >= 0.3 is 0 Å². The predicted molar refractivity (Wildman–Crippen MR) is 69.7 cm³/mol. The monoisotopic (exact) mass is 252 g/mol. The van der Waals surface area contributed by atoms with Gasteiger partial charge in [-0.1, -0.05) is 13.8 Å². The summed E-state index contributed by atoms with van der Waals surface area (Å²) >= 11 is 0. The van der Waals surface area contributed by atoms with Gasteiger partial charge in [-0.15, -0.1) is 0 Å². The van der Waals surface area contributed by atoms with E-state index in [0.717, 1.165) is 30.2 Å². The van der Waals surface area contributed by atoms with E-state index in [0.29, 0.717) is 10.9 Å². The smallest absolute Gasteiger partial charge is 0.150 e. The molecule has 0 aliphatic heterocycles. The number of aromatic amines is 1. The van der Waals surface area contributed by atoms with Crippen molar-refractivity contribution in [2.75, 3.05) is 7.05 Å². The molecule has 18 heavy (non-hydrogen) atoms. The molecule has 0 radical (unpaired) electrons. The van der Waals surface area contributed by atoms with Crippen LogP contribution in [-0.2, 0) is 6.42 Å². The molecule has 1 aromatic heterocycles. The normalized spacial score (nSPS) is 13.2. The maximum absolute atomic E-state index is 13.8. The van der Waals surface area contributed by atoms with E-state index in [-0.39, 0.29) is 6.04 Å². The van der Waals surface area contributed by atoms with E-state index < -0.39 is 11.6 Å². The van der Waals surface area contributed by atoms with Crippen LogP contribution in [-0.4, -0.2) is 12.0 Å². The van der Waals surface area contributed by atoms with E-state index in [1.54, 1.807) is 0 Å². The molecule has 0 spiro atoms. The van der Waals surface area contributed by atoms with E-state index in [9.17, 15) is 8.78 Å². The largest absolute Gasteiger partial charge is 0.356 e. The quantitative estimate of drug-likeness (QED) is 0.853. The lowest BCUT2D eigenvalue weighted by Gasteiger charge is -2.15. The SMILES string of the molecule is CCc1[nH]c2c(F)cc(F)cc2c1C(CC)NC. The van der Waals surface area contributed by atoms with Crippen molar-refractivity contribution >= 4 is 10.9 Å². The number of hydrogen-bond acceptors (Lipinski definition) is 1. The highest BCUT2D eigenvalue weighted by Gasteiger charge is 2.19. The number of aryl methyl sites for hydroxylation is 1. The maximum atomic E-state index is 13.8. The molecule has 1 unspecified atom stereocenters. The molecular formula is C14H18F2N2. The summed E-state index contributed by atoms with van der Waals surface area (Å²) < 4.78 is 27.1. The number of fused-ring (bicyclic) bond motifs is 1. The van der Waals surface area contributed by atoms with E-state index in [4.69, 9.17) is 0 Å². The highest BCUT2D eigenvalue weighted by molar-refractivity contribution is 5.85. The molecule has 0 saturated heterocycles. The van der Waals surface area contributed by atoms with Crippen molar-refractivity contribution in [1.82, 2.24) is 10.3 Å². The third kappa shape index (κ3) is 2.01. The Morgan fingerprint density at radius 2 is 2.00 bits per heavy atom. The molecule has 2 rings (SSSR count). The van der Waals surface area contributed by atoms with Crippen LogP contribution in [0.15, 0.2) is 12.1 Å². The van der Waals surface area contributed by atoms with Gasteiger partial charge in [-0.05, 0) is 31.5 Å². The zero-order valence-electron chi connectivity index (χ0n) is 10.9. The summed E-state index contributed by atoms with van der Waals surface area (Å²) in [5.41, 5.74) is 2.35. The van der Waals surface area contributed by atoms with Crippen LogP contribution in [0.1, 0.15) is 37.6 Å². The molecule has 2 nitrogen and oxygen atoms in total. The minimum absolute atomic E-state index is 0.106. The maximum Gasteiger partial charge on any atom is 0.150 e. The molecule has 0 amide bonds. The third-order valence-electron chi connectivity index (χ3n) is 3.40. The Kier molecular flexibility index (Phi) is 3.66. The first-order valence-corrected chi connectivity index (χ1v) is 6.29. The molecule has 0 aliphatic rings. The van der Waals surface area contributed by atoms with Gasteiger partial charge in [0.05, 0.1) is 5.52 Å². The van der Waals surface area contributed by atoms with Gasteiger partial charge in [0.1, 0.15) is 11.6 Å². The van der Waals surface area contributed by atoms with Crippen LogP contribution in [0.4, 0.5) is 8.78 Å². The van der Waals surface area contributed by atoms with Gasteiger partial charge in [-0.25, -0.2) is 8.78 Å². The van der Waals surface area contributed by atoms with Gasteiger partial charge in [0, 0.05) is 23.2 Å². The number of hydrogen-bond donors (Lipinski definition) is 2. The van der Waals surface area contributed by atoms with Gasteiger partial charge in [-0.2, -0.15) is 0 Å². The lowest BCUT2D eigenvalue weighted by atomic mass is 9.99. The molecule has 4 heteroatoms. The molecule has 1 aromatic carbocycles. The summed E-state index contributed by atoms with van der Waals surface area (Å²) in [6, 6.07) is 2.43. The van der Waals surface area contributed by atoms with Crippen molar-refractivity contribution in [3.8, 4) is 0 Å². The fourth-order valence-corrected chi connectivity index (χ4v) is 2.52. The highest BCUT2D eigenvalue weighted by Crippen LogP contribution is 2.32. The number of halogens is 2. The second-order valence-corrected chi connectivity index (χ2v) is 4.43. The van der Waals surface area contributed by atoms with Gasteiger partial charge in [-0.3, -0.25) is 0 Å². The second kappa shape index (κ2) is 5.06. The topological polar surface area (TPSA) is 27.8 Å². The minimum Gasteiger partial charge on any atom is -0.356 e. The second-order valence-electron chi connectivity index (χ2n) is 4.43. The average Bonchev–Trinajstić information content (AvgIpc) is 2.70. The van der Waals surface area contributed by atoms with Gasteiger partial charge < -0.3 is 10.3 Å².